The lowest BCUT2D eigenvalue weighted by molar-refractivity contribution is 0.446. The van der Waals surface area contributed by atoms with Crippen LogP contribution in [0.4, 0.5) is 0 Å². The molecule has 21 heavy (non-hydrogen) atoms. The minimum atomic E-state index is -0.142. The summed E-state index contributed by atoms with van der Waals surface area (Å²) >= 11 is 0. The van der Waals surface area contributed by atoms with E-state index in [9.17, 15) is 5.11 Å². The molecule has 0 atom stereocenters. The Morgan fingerprint density at radius 2 is 1.81 bits per heavy atom. The number of benzene rings is 2. The van der Waals surface area contributed by atoms with Gasteiger partial charge in [-0.1, -0.05) is 39.0 Å². The SMILES string of the molecule is Cc1cc(-c2nc3ccccc3o2)c(O)c(C(C)(C)C)c1. The Balaban J connectivity index is 2.24. The van der Waals surface area contributed by atoms with E-state index in [2.05, 4.69) is 25.8 Å². The van der Waals surface area contributed by atoms with Gasteiger partial charge in [-0.25, -0.2) is 4.98 Å². The van der Waals surface area contributed by atoms with Crippen molar-refractivity contribution in [3.63, 3.8) is 0 Å². The molecule has 0 fully saturated rings. The first-order chi connectivity index (χ1) is 9.86. The van der Waals surface area contributed by atoms with Gasteiger partial charge in [0.05, 0.1) is 5.56 Å². The number of hydrogen-bond donors (Lipinski definition) is 1. The van der Waals surface area contributed by atoms with Crippen LogP contribution in [0, 0.1) is 6.92 Å². The molecule has 3 heteroatoms. The summed E-state index contributed by atoms with van der Waals surface area (Å²) in [5, 5.41) is 10.6. The Morgan fingerprint density at radius 1 is 1.10 bits per heavy atom. The molecule has 2 aromatic carbocycles. The molecule has 0 saturated heterocycles. The third kappa shape index (κ3) is 2.40. The van der Waals surface area contributed by atoms with Crippen LogP contribution in [0.5, 0.6) is 5.75 Å². The minimum Gasteiger partial charge on any atom is -0.507 e. The first-order valence-electron chi connectivity index (χ1n) is 7.06. The highest BCUT2D eigenvalue weighted by atomic mass is 16.3. The van der Waals surface area contributed by atoms with E-state index in [0.717, 1.165) is 22.2 Å². The summed E-state index contributed by atoms with van der Waals surface area (Å²) in [5.41, 5.74) is 4.01. The van der Waals surface area contributed by atoms with Crippen molar-refractivity contribution in [3.05, 3.63) is 47.5 Å². The van der Waals surface area contributed by atoms with Crippen molar-refractivity contribution >= 4 is 11.1 Å². The van der Waals surface area contributed by atoms with E-state index >= 15 is 0 Å². The number of fused-ring (bicyclic) bond motifs is 1. The maximum atomic E-state index is 10.6. The molecule has 0 bridgehead atoms. The van der Waals surface area contributed by atoms with Gasteiger partial charge in [-0.05, 0) is 36.1 Å². The van der Waals surface area contributed by atoms with Crippen LogP contribution in [0.1, 0.15) is 31.9 Å². The summed E-state index contributed by atoms with van der Waals surface area (Å²) in [6.45, 7) is 8.26. The number of nitrogens with zero attached hydrogens (tertiary/aromatic N) is 1. The fraction of sp³-hybridized carbons (Fsp3) is 0.278. The minimum absolute atomic E-state index is 0.142. The average Bonchev–Trinajstić information content (AvgIpc) is 2.83. The first-order valence-corrected chi connectivity index (χ1v) is 7.06. The molecule has 1 N–H and O–H groups in total. The van der Waals surface area contributed by atoms with Crippen LogP contribution >= 0.6 is 0 Å². The second kappa shape index (κ2) is 4.62. The summed E-state index contributed by atoms with van der Waals surface area (Å²) in [4.78, 5) is 4.48. The van der Waals surface area contributed by atoms with Gasteiger partial charge in [-0.2, -0.15) is 0 Å². The molecular formula is C18H19NO2. The van der Waals surface area contributed by atoms with Gasteiger partial charge in [0.25, 0.3) is 0 Å². The van der Waals surface area contributed by atoms with Crippen molar-refractivity contribution in [2.45, 2.75) is 33.1 Å². The lowest BCUT2D eigenvalue weighted by Gasteiger charge is -2.22. The standard InChI is InChI=1S/C18H19NO2/c1-11-9-12(16(20)13(10-11)18(2,3)4)17-19-14-7-5-6-8-15(14)21-17/h5-10,20H,1-4H3. The first kappa shape index (κ1) is 13.7. The molecule has 0 aliphatic carbocycles. The zero-order chi connectivity index (χ0) is 15.2. The Morgan fingerprint density at radius 3 is 2.48 bits per heavy atom. The van der Waals surface area contributed by atoms with Gasteiger partial charge in [0, 0.05) is 5.56 Å². The van der Waals surface area contributed by atoms with Crippen LogP contribution in [-0.4, -0.2) is 10.1 Å². The quantitative estimate of drug-likeness (QED) is 0.696. The number of phenols is 1. The molecule has 0 aliphatic heterocycles. The van der Waals surface area contributed by atoms with E-state index in [-0.39, 0.29) is 11.2 Å². The van der Waals surface area contributed by atoms with Gasteiger partial charge in [0.15, 0.2) is 5.58 Å². The molecule has 1 heterocycles. The zero-order valence-electron chi connectivity index (χ0n) is 12.8. The van der Waals surface area contributed by atoms with Gasteiger partial charge >= 0.3 is 0 Å². The van der Waals surface area contributed by atoms with E-state index in [1.54, 1.807) is 0 Å². The maximum absolute atomic E-state index is 10.6. The Bertz CT molecular complexity index is 777. The van der Waals surface area contributed by atoms with Gasteiger partial charge in [-0.3, -0.25) is 0 Å². The average molecular weight is 281 g/mol. The number of aromatic hydroxyl groups is 1. The summed E-state index contributed by atoms with van der Waals surface area (Å²) in [7, 11) is 0. The van der Waals surface area contributed by atoms with Crippen LogP contribution in [-0.2, 0) is 5.41 Å². The van der Waals surface area contributed by atoms with E-state index in [4.69, 9.17) is 4.42 Å². The van der Waals surface area contributed by atoms with E-state index in [1.165, 1.54) is 0 Å². The smallest absolute Gasteiger partial charge is 0.231 e. The van der Waals surface area contributed by atoms with Crippen LogP contribution in [0.2, 0.25) is 0 Å². The molecule has 0 amide bonds. The number of aromatic nitrogens is 1. The molecule has 0 spiro atoms. The highest BCUT2D eigenvalue weighted by molar-refractivity contribution is 5.78. The molecule has 108 valence electrons. The fourth-order valence-electron chi connectivity index (χ4n) is 2.50. The molecule has 1 aromatic heterocycles. The van der Waals surface area contributed by atoms with Crippen molar-refractivity contribution < 1.29 is 9.52 Å². The number of para-hydroxylation sites is 2. The van der Waals surface area contributed by atoms with Gasteiger partial charge in [-0.15, -0.1) is 0 Å². The van der Waals surface area contributed by atoms with E-state index in [1.807, 2.05) is 43.3 Å². The molecule has 3 aromatic rings. The van der Waals surface area contributed by atoms with E-state index in [0.29, 0.717) is 11.5 Å². The second-order valence-electron chi connectivity index (χ2n) is 6.45. The van der Waals surface area contributed by atoms with Crippen LogP contribution in [0.25, 0.3) is 22.6 Å². The largest absolute Gasteiger partial charge is 0.507 e. The predicted octanol–water partition coefficient (Wildman–Crippen LogP) is 4.81. The molecule has 0 unspecified atom stereocenters. The van der Waals surface area contributed by atoms with Crippen LogP contribution < -0.4 is 0 Å². The van der Waals surface area contributed by atoms with Crippen molar-refractivity contribution in [2.75, 3.05) is 0 Å². The number of oxazole rings is 1. The lowest BCUT2D eigenvalue weighted by Crippen LogP contribution is -2.12. The lowest BCUT2D eigenvalue weighted by atomic mass is 9.84. The summed E-state index contributed by atoms with van der Waals surface area (Å²) in [5.74, 6) is 0.711. The molecule has 0 saturated carbocycles. The Labute approximate surface area is 124 Å². The van der Waals surface area contributed by atoms with Gasteiger partial charge in [0.1, 0.15) is 11.3 Å². The summed E-state index contributed by atoms with van der Waals surface area (Å²) in [6.07, 6.45) is 0. The highest BCUT2D eigenvalue weighted by Gasteiger charge is 2.23. The third-order valence-corrected chi connectivity index (χ3v) is 3.59. The topological polar surface area (TPSA) is 46.3 Å². The molecule has 3 rings (SSSR count). The predicted molar refractivity (Wildman–Crippen MR) is 84.5 cm³/mol. The second-order valence-corrected chi connectivity index (χ2v) is 6.45. The van der Waals surface area contributed by atoms with Crippen molar-refractivity contribution in [1.82, 2.24) is 4.98 Å². The van der Waals surface area contributed by atoms with Crippen LogP contribution in [0.15, 0.2) is 40.8 Å². The normalized spacial score (nSPS) is 12.0. The summed E-state index contributed by atoms with van der Waals surface area (Å²) in [6, 6.07) is 11.5. The summed E-state index contributed by atoms with van der Waals surface area (Å²) < 4.78 is 5.79. The fourth-order valence-corrected chi connectivity index (χ4v) is 2.50. The number of phenolic OH excluding ortho intramolecular Hbond substituents is 1. The van der Waals surface area contributed by atoms with Crippen molar-refractivity contribution in [1.29, 1.82) is 0 Å². The zero-order valence-corrected chi connectivity index (χ0v) is 12.8. The molecule has 3 nitrogen and oxygen atoms in total. The van der Waals surface area contributed by atoms with Crippen molar-refractivity contribution in [2.24, 2.45) is 0 Å². The van der Waals surface area contributed by atoms with Crippen LogP contribution in [0.3, 0.4) is 0 Å². The van der Waals surface area contributed by atoms with Gasteiger partial charge < -0.3 is 9.52 Å². The Kier molecular flexibility index (Phi) is 3.01. The maximum Gasteiger partial charge on any atom is 0.231 e. The molecule has 0 aliphatic rings. The van der Waals surface area contributed by atoms with E-state index < -0.39 is 0 Å². The third-order valence-electron chi connectivity index (χ3n) is 3.59. The number of hydrogen-bond acceptors (Lipinski definition) is 3. The highest BCUT2D eigenvalue weighted by Crippen LogP contribution is 2.39. The Hall–Kier alpha value is -2.29. The monoisotopic (exact) mass is 281 g/mol. The van der Waals surface area contributed by atoms with Gasteiger partial charge in [0.2, 0.25) is 5.89 Å². The molecule has 0 radical (unpaired) electrons. The number of rotatable bonds is 1. The van der Waals surface area contributed by atoms with Crippen molar-refractivity contribution in [3.8, 4) is 17.2 Å². The molecular weight excluding hydrogens is 262 g/mol. The number of aryl methyl sites for hydroxylation is 1.